The molecule has 0 heterocycles. The Labute approximate surface area is 156 Å². The maximum Gasteiger partial charge on any atom is 0.259 e. The van der Waals surface area contributed by atoms with E-state index in [4.69, 9.17) is 9.47 Å². The lowest BCUT2D eigenvalue weighted by Crippen LogP contribution is -2.34. The largest absolute Gasteiger partial charge is 0.504 e. The molecule has 2 aromatic carbocycles. The van der Waals surface area contributed by atoms with E-state index in [2.05, 4.69) is 15.8 Å². The van der Waals surface area contributed by atoms with E-state index in [1.807, 2.05) is 6.92 Å². The normalized spacial score (nSPS) is 10.4. The average molecular weight is 371 g/mol. The molecule has 27 heavy (non-hydrogen) atoms. The van der Waals surface area contributed by atoms with E-state index in [9.17, 15) is 14.7 Å². The number of carbonyl (C=O) groups excluding carboxylic acids is 2. The van der Waals surface area contributed by atoms with Crippen molar-refractivity contribution in [3.05, 3.63) is 53.6 Å². The first-order valence-corrected chi connectivity index (χ1v) is 8.23. The number of benzene rings is 2. The average Bonchev–Trinajstić information content (AvgIpc) is 2.68. The molecule has 0 unspecified atom stereocenters. The van der Waals surface area contributed by atoms with Crippen LogP contribution >= 0.6 is 0 Å². The second kappa shape index (κ2) is 9.81. The van der Waals surface area contributed by atoms with Gasteiger partial charge >= 0.3 is 0 Å². The summed E-state index contributed by atoms with van der Waals surface area (Å²) in [7, 11) is 1.44. The lowest BCUT2D eigenvalue weighted by molar-refractivity contribution is -0.120. The topological polar surface area (TPSA) is 109 Å². The van der Waals surface area contributed by atoms with E-state index < -0.39 is 5.91 Å². The van der Waals surface area contributed by atoms with Crippen LogP contribution in [0.2, 0.25) is 0 Å². The minimum Gasteiger partial charge on any atom is -0.504 e. The molecule has 2 rings (SSSR count). The summed E-state index contributed by atoms with van der Waals surface area (Å²) in [6.07, 6.45) is 1.40. The highest BCUT2D eigenvalue weighted by Gasteiger charge is 2.08. The van der Waals surface area contributed by atoms with Gasteiger partial charge in [0.2, 0.25) is 0 Å². The molecule has 0 radical (unpaired) electrons. The van der Waals surface area contributed by atoms with Crippen molar-refractivity contribution in [3.63, 3.8) is 0 Å². The maximum atomic E-state index is 12.0. The number of hydrogen-bond acceptors (Lipinski definition) is 6. The fraction of sp³-hybridized carbons (Fsp3) is 0.211. The van der Waals surface area contributed by atoms with Gasteiger partial charge in [0.15, 0.2) is 11.5 Å². The summed E-state index contributed by atoms with van der Waals surface area (Å²) in [6, 6.07) is 11.3. The van der Waals surface area contributed by atoms with Crippen LogP contribution in [0.5, 0.6) is 17.2 Å². The van der Waals surface area contributed by atoms with E-state index >= 15 is 0 Å². The lowest BCUT2D eigenvalue weighted by Gasteiger charge is -2.06. The van der Waals surface area contributed by atoms with E-state index in [0.717, 1.165) is 0 Å². The number of nitrogens with one attached hydrogen (secondary N) is 2. The van der Waals surface area contributed by atoms with Crippen LogP contribution < -0.4 is 20.2 Å². The number of hydrazone groups is 1. The number of aromatic hydroxyl groups is 1. The molecule has 0 atom stereocenters. The quantitative estimate of drug-likeness (QED) is 0.483. The van der Waals surface area contributed by atoms with Gasteiger partial charge in [0.1, 0.15) is 5.75 Å². The van der Waals surface area contributed by atoms with Crippen molar-refractivity contribution in [1.29, 1.82) is 0 Å². The number of phenolic OH excluding ortho intramolecular Hbond substituents is 1. The first kappa shape index (κ1) is 19.8. The number of methoxy groups -OCH3 is 1. The first-order chi connectivity index (χ1) is 13.0. The Hall–Kier alpha value is -3.55. The molecule has 8 nitrogen and oxygen atoms in total. The SMILES string of the molecule is CCOc1ccc(C(=O)NCC(=O)NN=Cc2ccc(O)c(OC)c2)cc1. The predicted octanol–water partition coefficient (Wildman–Crippen LogP) is 1.68. The number of carbonyl (C=O) groups is 2. The molecule has 2 amide bonds. The fourth-order valence-corrected chi connectivity index (χ4v) is 2.12. The molecule has 0 bridgehead atoms. The third-order valence-electron chi connectivity index (χ3n) is 3.44. The van der Waals surface area contributed by atoms with E-state index in [0.29, 0.717) is 29.2 Å². The highest BCUT2D eigenvalue weighted by atomic mass is 16.5. The molecule has 0 spiro atoms. The molecule has 2 aromatic rings. The number of hydrogen-bond donors (Lipinski definition) is 3. The van der Waals surface area contributed by atoms with Crippen molar-refractivity contribution in [2.75, 3.05) is 20.3 Å². The van der Waals surface area contributed by atoms with Crippen molar-refractivity contribution in [2.45, 2.75) is 6.92 Å². The van der Waals surface area contributed by atoms with Crippen LogP contribution in [-0.4, -0.2) is 43.4 Å². The zero-order valence-corrected chi connectivity index (χ0v) is 15.1. The number of amides is 2. The van der Waals surface area contributed by atoms with Gasteiger partial charge in [0, 0.05) is 5.56 Å². The van der Waals surface area contributed by atoms with Crippen LogP contribution in [0.4, 0.5) is 0 Å². The Morgan fingerprint density at radius 1 is 1.19 bits per heavy atom. The maximum absolute atomic E-state index is 12.0. The van der Waals surface area contributed by atoms with Gasteiger partial charge in [-0.15, -0.1) is 0 Å². The molecule has 0 aromatic heterocycles. The Morgan fingerprint density at radius 3 is 2.59 bits per heavy atom. The molecule has 0 saturated carbocycles. The Bertz CT molecular complexity index is 819. The monoisotopic (exact) mass is 371 g/mol. The molecule has 0 aliphatic heterocycles. The van der Waals surface area contributed by atoms with Gasteiger partial charge in [-0.1, -0.05) is 0 Å². The first-order valence-electron chi connectivity index (χ1n) is 8.23. The van der Waals surface area contributed by atoms with Crippen molar-refractivity contribution in [1.82, 2.24) is 10.7 Å². The number of phenols is 1. The molecular weight excluding hydrogens is 350 g/mol. The second-order valence-corrected chi connectivity index (χ2v) is 5.36. The van der Waals surface area contributed by atoms with E-state index in [-0.39, 0.29) is 18.2 Å². The van der Waals surface area contributed by atoms with Gasteiger partial charge in [-0.05, 0) is 55.0 Å². The van der Waals surface area contributed by atoms with Crippen molar-refractivity contribution in [3.8, 4) is 17.2 Å². The third-order valence-corrected chi connectivity index (χ3v) is 3.44. The van der Waals surface area contributed by atoms with Crippen LogP contribution in [0.25, 0.3) is 0 Å². The van der Waals surface area contributed by atoms with Gasteiger partial charge < -0.3 is 19.9 Å². The number of ether oxygens (including phenoxy) is 2. The predicted molar refractivity (Wildman–Crippen MR) is 100 cm³/mol. The smallest absolute Gasteiger partial charge is 0.259 e. The van der Waals surface area contributed by atoms with Gasteiger partial charge in [0.05, 0.1) is 26.5 Å². The van der Waals surface area contributed by atoms with Crippen LogP contribution in [0, 0.1) is 0 Å². The fourth-order valence-electron chi connectivity index (χ4n) is 2.12. The van der Waals surface area contributed by atoms with Gasteiger partial charge in [-0.2, -0.15) is 5.10 Å². The van der Waals surface area contributed by atoms with Crippen LogP contribution in [0.1, 0.15) is 22.8 Å². The molecule has 0 aliphatic rings. The molecule has 3 N–H and O–H groups in total. The zero-order valence-electron chi connectivity index (χ0n) is 15.1. The lowest BCUT2D eigenvalue weighted by atomic mass is 10.2. The highest BCUT2D eigenvalue weighted by molar-refractivity contribution is 5.96. The summed E-state index contributed by atoms with van der Waals surface area (Å²) in [6.45, 7) is 2.20. The summed E-state index contributed by atoms with van der Waals surface area (Å²) in [5.41, 5.74) is 3.36. The zero-order chi connectivity index (χ0) is 19.6. The van der Waals surface area contributed by atoms with Gasteiger partial charge in [-0.25, -0.2) is 5.43 Å². The summed E-state index contributed by atoms with van der Waals surface area (Å²) in [5.74, 6) is 0.132. The van der Waals surface area contributed by atoms with E-state index in [1.54, 1.807) is 36.4 Å². The van der Waals surface area contributed by atoms with Crippen LogP contribution in [0.15, 0.2) is 47.6 Å². The van der Waals surface area contributed by atoms with Gasteiger partial charge in [0.25, 0.3) is 11.8 Å². The summed E-state index contributed by atoms with van der Waals surface area (Å²) < 4.78 is 10.3. The summed E-state index contributed by atoms with van der Waals surface area (Å²) >= 11 is 0. The van der Waals surface area contributed by atoms with Crippen LogP contribution in [-0.2, 0) is 4.79 Å². The summed E-state index contributed by atoms with van der Waals surface area (Å²) in [5, 5.41) is 15.8. The Kier molecular flexibility index (Phi) is 7.18. The molecule has 142 valence electrons. The Morgan fingerprint density at radius 2 is 1.93 bits per heavy atom. The minimum absolute atomic E-state index is 0.00990. The summed E-state index contributed by atoms with van der Waals surface area (Å²) in [4.78, 5) is 23.8. The van der Waals surface area contributed by atoms with Crippen molar-refractivity contribution >= 4 is 18.0 Å². The van der Waals surface area contributed by atoms with Gasteiger partial charge in [-0.3, -0.25) is 9.59 Å². The standard InChI is InChI=1S/C19H21N3O5/c1-3-27-15-7-5-14(6-8-15)19(25)20-12-18(24)22-21-11-13-4-9-16(23)17(10-13)26-2/h4-11,23H,3,12H2,1-2H3,(H,20,25)(H,22,24). The minimum atomic E-state index is -0.476. The van der Waals surface area contributed by atoms with Crippen molar-refractivity contribution in [2.24, 2.45) is 5.10 Å². The molecule has 0 aliphatic carbocycles. The Balaban J connectivity index is 1.80. The molecule has 8 heteroatoms. The molecule has 0 saturated heterocycles. The highest BCUT2D eigenvalue weighted by Crippen LogP contribution is 2.25. The molecule has 0 fully saturated rings. The number of nitrogens with zero attached hydrogens (tertiary/aromatic N) is 1. The third kappa shape index (κ3) is 6.03. The van der Waals surface area contributed by atoms with E-state index in [1.165, 1.54) is 19.4 Å². The second-order valence-electron chi connectivity index (χ2n) is 5.36. The number of rotatable bonds is 8. The van der Waals surface area contributed by atoms with Crippen LogP contribution in [0.3, 0.4) is 0 Å². The molecular formula is C19H21N3O5. The van der Waals surface area contributed by atoms with Crippen molar-refractivity contribution < 1.29 is 24.2 Å².